The first kappa shape index (κ1) is 16.7. The van der Waals surface area contributed by atoms with E-state index < -0.39 is 0 Å². The van der Waals surface area contributed by atoms with E-state index in [1.165, 1.54) is 5.75 Å². The average molecular weight is 312 g/mol. The topological polar surface area (TPSA) is 49.4 Å². The van der Waals surface area contributed by atoms with Gasteiger partial charge in [-0.3, -0.25) is 9.59 Å². The molecule has 2 saturated heterocycles. The maximum atomic E-state index is 12.9. The lowest BCUT2D eigenvalue weighted by Crippen LogP contribution is -2.66. The van der Waals surface area contributed by atoms with Crippen LogP contribution in [-0.2, 0) is 9.59 Å². The van der Waals surface area contributed by atoms with Crippen LogP contribution in [0, 0.1) is 17.8 Å². The molecule has 120 valence electrons. The van der Waals surface area contributed by atoms with Gasteiger partial charge in [-0.15, -0.1) is 0 Å². The number of nitrogens with zero attached hydrogens (tertiary/aromatic N) is 1. The first-order valence-corrected chi connectivity index (χ1v) is 9.29. The SMILES string of the molecule is CCC(C)C1NC(=O)C(C(C)C)N(CC2CCSC2)C1=O. The van der Waals surface area contributed by atoms with Crippen LogP contribution in [0.4, 0.5) is 0 Å². The molecule has 1 N–H and O–H groups in total. The standard InChI is InChI=1S/C16H28N2O2S/c1-5-11(4)13-16(20)18(8-12-6-7-21-9-12)14(10(2)3)15(19)17-13/h10-14H,5-9H2,1-4H3,(H,17,19). The van der Waals surface area contributed by atoms with Crippen molar-refractivity contribution in [1.82, 2.24) is 10.2 Å². The second kappa shape index (κ2) is 7.03. The molecule has 2 amide bonds. The maximum absolute atomic E-state index is 12.9. The smallest absolute Gasteiger partial charge is 0.246 e. The van der Waals surface area contributed by atoms with Crippen molar-refractivity contribution in [3.63, 3.8) is 0 Å². The fourth-order valence-corrected chi connectivity index (χ4v) is 4.52. The highest BCUT2D eigenvalue weighted by atomic mass is 32.2. The van der Waals surface area contributed by atoms with E-state index >= 15 is 0 Å². The van der Waals surface area contributed by atoms with Crippen LogP contribution in [0.2, 0.25) is 0 Å². The van der Waals surface area contributed by atoms with Gasteiger partial charge in [0.15, 0.2) is 0 Å². The van der Waals surface area contributed by atoms with Crippen LogP contribution >= 0.6 is 11.8 Å². The molecule has 0 aromatic rings. The van der Waals surface area contributed by atoms with Crippen molar-refractivity contribution < 1.29 is 9.59 Å². The molecule has 0 radical (unpaired) electrons. The summed E-state index contributed by atoms with van der Waals surface area (Å²) in [6.45, 7) is 8.91. The Balaban J connectivity index is 2.19. The van der Waals surface area contributed by atoms with Gasteiger partial charge in [-0.25, -0.2) is 0 Å². The lowest BCUT2D eigenvalue weighted by Gasteiger charge is -2.43. The molecule has 4 atom stereocenters. The third-order valence-corrected chi connectivity index (χ3v) is 6.01. The monoisotopic (exact) mass is 312 g/mol. The molecule has 0 aromatic carbocycles. The number of carbonyl (C=O) groups excluding carboxylic acids is 2. The summed E-state index contributed by atoms with van der Waals surface area (Å²) < 4.78 is 0. The van der Waals surface area contributed by atoms with Crippen LogP contribution in [0.5, 0.6) is 0 Å². The fourth-order valence-electron chi connectivity index (χ4n) is 3.25. The second-order valence-corrected chi connectivity index (χ2v) is 7.93. The quantitative estimate of drug-likeness (QED) is 0.846. The minimum absolute atomic E-state index is 0.0283. The fraction of sp³-hybridized carbons (Fsp3) is 0.875. The number of nitrogens with one attached hydrogen (secondary N) is 1. The number of hydrogen-bond donors (Lipinski definition) is 1. The molecule has 21 heavy (non-hydrogen) atoms. The van der Waals surface area contributed by atoms with Gasteiger partial charge >= 0.3 is 0 Å². The Morgan fingerprint density at radius 3 is 2.57 bits per heavy atom. The molecular formula is C16H28N2O2S. The molecule has 4 unspecified atom stereocenters. The average Bonchev–Trinajstić information content (AvgIpc) is 2.94. The Morgan fingerprint density at radius 2 is 2.05 bits per heavy atom. The number of carbonyl (C=O) groups is 2. The first-order valence-electron chi connectivity index (χ1n) is 8.14. The van der Waals surface area contributed by atoms with Gasteiger partial charge in [0.1, 0.15) is 12.1 Å². The third-order valence-electron chi connectivity index (χ3n) is 4.77. The summed E-state index contributed by atoms with van der Waals surface area (Å²) >= 11 is 1.96. The van der Waals surface area contributed by atoms with Crippen LogP contribution in [0.3, 0.4) is 0 Å². The highest BCUT2D eigenvalue weighted by molar-refractivity contribution is 7.99. The van der Waals surface area contributed by atoms with E-state index in [-0.39, 0.29) is 35.7 Å². The van der Waals surface area contributed by atoms with Gasteiger partial charge in [0.2, 0.25) is 11.8 Å². The number of rotatable bonds is 5. The van der Waals surface area contributed by atoms with Crippen LogP contribution in [0.25, 0.3) is 0 Å². The Kier molecular flexibility index (Phi) is 5.58. The van der Waals surface area contributed by atoms with E-state index in [9.17, 15) is 9.59 Å². The predicted molar refractivity (Wildman–Crippen MR) is 87.2 cm³/mol. The van der Waals surface area contributed by atoms with Crippen molar-refractivity contribution in [3.8, 4) is 0 Å². The summed E-state index contributed by atoms with van der Waals surface area (Å²) in [4.78, 5) is 27.3. The van der Waals surface area contributed by atoms with Gasteiger partial charge in [0.05, 0.1) is 0 Å². The molecule has 5 heteroatoms. The zero-order valence-electron chi connectivity index (χ0n) is 13.6. The van der Waals surface area contributed by atoms with Crippen molar-refractivity contribution in [2.45, 2.75) is 52.6 Å². The van der Waals surface area contributed by atoms with Crippen LogP contribution in [0.1, 0.15) is 40.5 Å². The van der Waals surface area contributed by atoms with E-state index in [2.05, 4.69) is 12.2 Å². The second-order valence-electron chi connectivity index (χ2n) is 6.78. The van der Waals surface area contributed by atoms with Gasteiger partial charge < -0.3 is 10.2 Å². The predicted octanol–water partition coefficient (Wildman–Crippen LogP) is 2.14. The van der Waals surface area contributed by atoms with Crippen molar-refractivity contribution in [2.24, 2.45) is 17.8 Å². The Hall–Kier alpha value is -0.710. The highest BCUT2D eigenvalue weighted by Gasteiger charge is 2.44. The van der Waals surface area contributed by atoms with Gasteiger partial charge in [0, 0.05) is 6.54 Å². The van der Waals surface area contributed by atoms with Crippen LogP contribution in [0.15, 0.2) is 0 Å². The lowest BCUT2D eigenvalue weighted by atomic mass is 9.90. The van der Waals surface area contributed by atoms with E-state index in [4.69, 9.17) is 0 Å². The summed E-state index contributed by atoms with van der Waals surface area (Å²) in [6.07, 6.45) is 2.06. The van der Waals surface area contributed by atoms with Crippen LogP contribution < -0.4 is 5.32 Å². The molecule has 4 nitrogen and oxygen atoms in total. The van der Waals surface area contributed by atoms with Crippen molar-refractivity contribution in [3.05, 3.63) is 0 Å². The Labute approximate surface area is 132 Å². The highest BCUT2D eigenvalue weighted by Crippen LogP contribution is 2.28. The van der Waals surface area contributed by atoms with Gasteiger partial charge in [-0.05, 0) is 35.7 Å². The summed E-state index contributed by atoms with van der Waals surface area (Å²) in [6, 6.07) is -0.644. The van der Waals surface area contributed by atoms with E-state index in [1.54, 1.807) is 0 Å². The van der Waals surface area contributed by atoms with Gasteiger partial charge in [-0.2, -0.15) is 11.8 Å². The van der Waals surface area contributed by atoms with Crippen molar-refractivity contribution >= 4 is 23.6 Å². The first-order chi connectivity index (χ1) is 9.95. The summed E-state index contributed by atoms with van der Waals surface area (Å²) in [5, 5.41) is 2.97. The third kappa shape index (κ3) is 3.55. The minimum atomic E-state index is -0.341. The molecule has 0 spiro atoms. The van der Waals surface area contributed by atoms with E-state index in [0.29, 0.717) is 5.92 Å². The van der Waals surface area contributed by atoms with Gasteiger partial charge in [-0.1, -0.05) is 34.1 Å². The Bertz CT molecular complexity index is 394. The number of hydrogen-bond acceptors (Lipinski definition) is 3. The number of piperazine rings is 1. The molecule has 0 aromatic heterocycles. The van der Waals surface area contributed by atoms with E-state index in [0.717, 1.165) is 25.1 Å². The largest absolute Gasteiger partial charge is 0.342 e. The summed E-state index contributed by atoms with van der Waals surface area (Å²) in [7, 11) is 0. The molecule has 2 heterocycles. The molecule has 0 bridgehead atoms. The zero-order valence-corrected chi connectivity index (χ0v) is 14.4. The van der Waals surface area contributed by atoms with E-state index in [1.807, 2.05) is 37.4 Å². The summed E-state index contributed by atoms with van der Waals surface area (Å²) in [5.41, 5.74) is 0. The van der Waals surface area contributed by atoms with Gasteiger partial charge in [0.25, 0.3) is 0 Å². The van der Waals surface area contributed by atoms with Crippen molar-refractivity contribution in [1.29, 1.82) is 0 Å². The molecule has 2 fully saturated rings. The lowest BCUT2D eigenvalue weighted by molar-refractivity contribution is -0.153. The molecule has 2 aliphatic rings. The number of amides is 2. The van der Waals surface area contributed by atoms with Crippen LogP contribution in [-0.4, -0.2) is 46.8 Å². The molecule has 0 aliphatic carbocycles. The Morgan fingerprint density at radius 1 is 1.33 bits per heavy atom. The maximum Gasteiger partial charge on any atom is 0.246 e. The van der Waals surface area contributed by atoms with Crippen molar-refractivity contribution in [2.75, 3.05) is 18.1 Å². The normalized spacial score (nSPS) is 31.7. The number of thioether (sulfide) groups is 1. The molecule has 2 aliphatic heterocycles. The summed E-state index contributed by atoms with van der Waals surface area (Å²) in [5.74, 6) is 3.34. The molecule has 2 rings (SSSR count). The minimum Gasteiger partial charge on any atom is -0.342 e. The molecule has 0 saturated carbocycles. The zero-order chi connectivity index (χ0) is 15.6. The molecular weight excluding hydrogens is 284 g/mol.